The maximum atomic E-state index is 11.6. The van der Waals surface area contributed by atoms with Crippen molar-refractivity contribution in [3.05, 3.63) is 34.9 Å². The van der Waals surface area contributed by atoms with Crippen molar-refractivity contribution in [2.24, 2.45) is 5.92 Å². The van der Waals surface area contributed by atoms with Crippen LogP contribution in [-0.4, -0.2) is 5.78 Å². The van der Waals surface area contributed by atoms with Crippen molar-refractivity contribution in [2.45, 2.75) is 59.8 Å². The summed E-state index contributed by atoms with van der Waals surface area (Å²) in [7, 11) is 0. The Morgan fingerprint density at radius 1 is 1.22 bits per heavy atom. The molecule has 1 atom stereocenters. The molecule has 18 heavy (non-hydrogen) atoms. The van der Waals surface area contributed by atoms with Crippen LogP contribution in [0.15, 0.2) is 18.2 Å². The van der Waals surface area contributed by atoms with Gasteiger partial charge in [-0.15, -0.1) is 0 Å². The standard InChI is InChI=1S/C17H26O/c1-5-7-15-9-10-16(13(3)11-15)12-17(8-6-2)14(4)18/h9-11,17H,5-8,12H2,1-4H3. The van der Waals surface area contributed by atoms with E-state index < -0.39 is 0 Å². The highest BCUT2D eigenvalue weighted by molar-refractivity contribution is 5.78. The summed E-state index contributed by atoms with van der Waals surface area (Å²) in [6.07, 6.45) is 5.32. The van der Waals surface area contributed by atoms with Crippen LogP contribution < -0.4 is 0 Å². The van der Waals surface area contributed by atoms with E-state index in [1.807, 2.05) is 0 Å². The van der Waals surface area contributed by atoms with Gasteiger partial charge in [-0.2, -0.15) is 0 Å². The zero-order chi connectivity index (χ0) is 13.5. The highest BCUT2D eigenvalue weighted by atomic mass is 16.1. The summed E-state index contributed by atoms with van der Waals surface area (Å²) in [6.45, 7) is 8.24. The van der Waals surface area contributed by atoms with Gasteiger partial charge in [-0.25, -0.2) is 0 Å². The Labute approximate surface area is 112 Å². The highest BCUT2D eigenvalue weighted by Crippen LogP contribution is 2.20. The number of aryl methyl sites for hydroxylation is 2. The Morgan fingerprint density at radius 2 is 1.94 bits per heavy atom. The maximum Gasteiger partial charge on any atom is 0.133 e. The first-order valence-electron chi connectivity index (χ1n) is 7.17. The Bertz CT molecular complexity index is 393. The van der Waals surface area contributed by atoms with Crippen LogP contribution in [0.3, 0.4) is 0 Å². The molecule has 0 bridgehead atoms. The van der Waals surface area contributed by atoms with E-state index in [1.165, 1.54) is 23.1 Å². The van der Waals surface area contributed by atoms with Crippen molar-refractivity contribution in [3.63, 3.8) is 0 Å². The monoisotopic (exact) mass is 246 g/mol. The van der Waals surface area contributed by atoms with Crippen LogP contribution >= 0.6 is 0 Å². The van der Waals surface area contributed by atoms with Crippen LogP contribution in [0.2, 0.25) is 0 Å². The minimum Gasteiger partial charge on any atom is -0.300 e. The van der Waals surface area contributed by atoms with Gasteiger partial charge in [0, 0.05) is 5.92 Å². The Balaban J connectivity index is 2.80. The molecule has 1 heteroatoms. The predicted octanol–water partition coefficient (Wildman–Crippen LogP) is 4.50. The molecule has 0 saturated heterocycles. The van der Waals surface area contributed by atoms with Crippen molar-refractivity contribution < 1.29 is 4.79 Å². The molecule has 1 nitrogen and oxygen atoms in total. The first-order chi connectivity index (χ1) is 8.58. The van der Waals surface area contributed by atoms with E-state index in [4.69, 9.17) is 0 Å². The van der Waals surface area contributed by atoms with E-state index in [0.29, 0.717) is 5.78 Å². The van der Waals surface area contributed by atoms with Gasteiger partial charge in [0.2, 0.25) is 0 Å². The summed E-state index contributed by atoms with van der Waals surface area (Å²) in [6, 6.07) is 6.71. The molecule has 0 heterocycles. The molecule has 0 saturated carbocycles. The van der Waals surface area contributed by atoms with Crippen LogP contribution in [0.4, 0.5) is 0 Å². The second kappa shape index (κ2) is 7.35. The summed E-state index contributed by atoms with van der Waals surface area (Å²) in [5, 5.41) is 0. The fraction of sp³-hybridized carbons (Fsp3) is 0.588. The molecule has 0 aromatic heterocycles. The third-order valence-corrected chi connectivity index (χ3v) is 3.62. The van der Waals surface area contributed by atoms with Gasteiger partial charge in [0.25, 0.3) is 0 Å². The molecular weight excluding hydrogens is 220 g/mol. The van der Waals surface area contributed by atoms with Crippen molar-refractivity contribution in [1.82, 2.24) is 0 Å². The summed E-state index contributed by atoms with van der Waals surface area (Å²) in [4.78, 5) is 11.6. The van der Waals surface area contributed by atoms with E-state index in [2.05, 4.69) is 39.0 Å². The van der Waals surface area contributed by atoms with E-state index in [0.717, 1.165) is 25.7 Å². The fourth-order valence-corrected chi connectivity index (χ4v) is 2.49. The van der Waals surface area contributed by atoms with Gasteiger partial charge >= 0.3 is 0 Å². The largest absolute Gasteiger partial charge is 0.300 e. The van der Waals surface area contributed by atoms with Crippen LogP contribution in [0, 0.1) is 12.8 Å². The lowest BCUT2D eigenvalue weighted by Gasteiger charge is -2.15. The molecular formula is C17H26O. The molecule has 0 radical (unpaired) electrons. The number of carbonyl (C=O) groups is 1. The molecule has 0 aliphatic carbocycles. The molecule has 100 valence electrons. The second-order valence-electron chi connectivity index (χ2n) is 5.31. The molecule has 0 amide bonds. The molecule has 1 rings (SSSR count). The lowest BCUT2D eigenvalue weighted by molar-refractivity contribution is -0.120. The number of hydrogen-bond acceptors (Lipinski definition) is 1. The molecule has 0 fully saturated rings. The summed E-state index contributed by atoms with van der Waals surface area (Å²) < 4.78 is 0. The number of rotatable bonds is 7. The molecule has 0 aliphatic heterocycles. The number of carbonyl (C=O) groups excluding carboxylic acids is 1. The third kappa shape index (κ3) is 4.29. The number of ketones is 1. The van der Waals surface area contributed by atoms with Gasteiger partial charge in [0.1, 0.15) is 5.78 Å². The number of benzene rings is 1. The number of hydrogen-bond donors (Lipinski definition) is 0. The highest BCUT2D eigenvalue weighted by Gasteiger charge is 2.14. The van der Waals surface area contributed by atoms with E-state index >= 15 is 0 Å². The maximum absolute atomic E-state index is 11.6. The van der Waals surface area contributed by atoms with Crippen molar-refractivity contribution in [1.29, 1.82) is 0 Å². The first-order valence-corrected chi connectivity index (χ1v) is 7.17. The minimum absolute atomic E-state index is 0.200. The van der Waals surface area contributed by atoms with Gasteiger partial charge < -0.3 is 0 Å². The Hall–Kier alpha value is -1.11. The van der Waals surface area contributed by atoms with Gasteiger partial charge in [-0.3, -0.25) is 4.79 Å². The minimum atomic E-state index is 0.200. The molecule has 0 spiro atoms. The summed E-state index contributed by atoms with van der Waals surface area (Å²) >= 11 is 0. The molecule has 0 N–H and O–H groups in total. The quantitative estimate of drug-likeness (QED) is 0.692. The average molecular weight is 246 g/mol. The zero-order valence-corrected chi connectivity index (χ0v) is 12.3. The molecule has 1 aromatic rings. The van der Waals surface area contributed by atoms with Crippen LogP contribution in [-0.2, 0) is 17.6 Å². The molecule has 1 aromatic carbocycles. The fourth-order valence-electron chi connectivity index (χ4n) is 2.49. The van der Waals surface area contributed by atoms with E-state index in [1.54, 1.807) is 6.92 Å². The van der Waals surface area contributed by atoms with Gasteiger partial charge in [0.15, 0.2) is 0 Å². The molecule has 1 unspecified atom stereocenters. The topological polar surface area (TPSA) is 17.1 Å². The SMILES string of the molecule is CCCc1ccc(CC(CCC)C(C)=O)c(C)c1. The van der Waals surface area contributed by atoms with E-state index in [-0.39, 0.29) is 5.92 Å². The Morgan fingerprint density at radius 3 is 2.44 bits per heavy atom. The van der Waals surface area contributed by atoms with Crippen molar-refractivity contribution in [3.8, 4) is 0 Å². The molecule has 0 aliphatic rings. The van der Waals surface area contributed by atoms with Crippen molar-refractivity contribution in [2.75, 3.05) is 0 Å². The third-order valence-electron chi connectivity index (χ3n) is 3.62. The van der Waals surface area contributed by atoms with Crippen LogP contribution in [0.5, 0.6) is 0 Å². The lowest BCUT2D eigenvalue weighted by atomic mass is 9.89. The van der Waals surface area contributed by atoms with Crippen molar-refractivity contribution >= 4 is 5.78 Å². The normalized spacial score (nSPS) is 12.4. The lowest BCUT2D eigenvalue weighted by Crippen LogP contribution is -2.14. The first kappa shape index (κ1) is 14.9. The van der Waals surface area contributed by atoms with Gasteiger partial charge in [0.05, 0.1) is 0 Å². The predicted molar refractivity (Wildman–Crippen MR) is 78.0 cm³/mol. The van der Waals surface area contributed by atoms with Crippen LogP contribution in [0.25, 0.3) is 0 Å². The second-order valence-corrected chi connectivity index (χ2v) is 5.31. The average Bonchev–Trinajstić information content (AvgIpc) is 2.31. The van der Waals surface area contributed by atoms with Gasteiger partial charge in [-0.05, 0) is 49.8 Å². The summed E-state index contributed by atoms with van der Waals surface area (Å²) in [5.74, 6) is 0.527. The summed E-state index contributed by atoms with van der Waals surface area (Å²) in [5.41, 5.74) is 4.08. The van der Waals surface area contributed by atoms with E-state index in [9.17, 15) is 4.79 Å². The number of Topliss-reactive ketones (excluding diaryl/α,β-unsaturated/α-hetero) is 1. The Kier molecular flexibility index (Phi) is 6.11. The van der Waals surface area contributed by atoms with Crippen LogP contribution in [0.1, 0.15) is 56.7 Å². The smallest absolute Gasteiger partial charge is 0.133 e. The zero-order valence-electron chi connectivity index (χ0n) is 12.3. The van der Waals surface area contributed by atoms with Gasteiger partial charge in [-0.1, -0.05) is 44.9 Å².